The summed E-state index contributed by atoms with van der Waals surface area (Å²) in [4.78, 5) is 28.5. The molecule has 0 unspecified atom stereocenters. The minimum atomic E-state index is -0.406. The van der Waals surface area contributed by atoms with Crippen LogP contribution in [0.3, 0.4) is 0 Å². The fraction of sp³-hybridized carbons (Fsp3) is 0.318. The summed E-state index contributed by atoms with van der Waals surface area (Å²) in [5.74, 6) is -0.796. The lowest BCUT2D eigenvalue weighted by Gasteiger charge is -2.08. The Morgan fingerprint density at radius 1 is 1.07 bits per heavy atom. The summed E-state index contributed by atoms with van der Waals surface area (Å²) < 4.78 is 14.7. The van der Waals surface area contributed by atoms with Gasteiger partial charge in [-0.1, -0.05) is 18.2 Å². The highest BCUT2D eigenvalue weighted by molar-refractivity contribution is 7.18. The van der Waals surface area contributed by atoms with E-state index in [9.17, 15) is 14.0 Å². The molecule has 1 aromatic heterocycles. The molecule has 152 valence electrons. The summed E-state index contributed by atoms with van der Waals surface area (Å²) >= 11 is 1.70. The van der Waals surface area contributed by atoms with Crippen LogP contribution in [0.1, 0.15) is 40.2 Å². The molecule has 3 aromatic rings. The number of benzene rings is 2. The van der Waals surface area contributed by atoms with Crippen LogP contribution in [0.4, 0.5) is 4.39 Å². The molecule has 0 radical (unpaired) electrons. The molecule has 0 aliphatic carbocycles. The Labute approximate surface area is 173 Å². The minimum Gasteiger partial charge on any atom is -0.354 e. The maximum atomic E-state index is 13.5. The van der Waals surface area contributed by atoms with E-state index < -0.39 is 5.82 Å². The van der Waals surface area contributed by atoms with Crippen LogP contribution in [0.2, 0.25) is 0 Å². The third kappa shape index (κ3) is 6.09. The van der Waals surface area contributed by atoms with E-state index in [1.807, 2.05) is 18.2 Å². The number of unbranched alkanes of at least 4 members (excludes halogenated alkanes) is 1. The Morgan fingerprint density at radius 3 is 2.66 bits per heavy atom. The number of nitrogens with one attached hydrogen (secondary N) is 2. The maximum absolute atomic E-state index is 13.5. The van der Waals surface area contributed by atoms with E-state index in [-0.39, 0.29) is 17.4 Å². The number of nitrogens with zero attached hydrogens (tertiary/aromatic N) is 1. The first-order chi connectivity index (χ1) is 14.0. The monoisotopic (exact) mass is 413 g/mol. The normalized spacial score (nSPS) is 10.8. The van der Waals surface area contributed by atoms with Gasteiger partial charge in [0.05, 0.1) is 15.2 Å². The zero-order valence-electron chi connectivity index (χ0n) is 16.3. The molecule has 0 atom stereocenters. The summed E-state index contributed by atoms with van der Waals surface area (Å²) in [6.45, 7) is 2.29. The van der Waals surface area contributed by atoms with Gasteiger partial charge >= 0.3 is 0 Å². The van der Waals surface area contributed by atoms with Crippen LogP contribution in [0, 0.1) is 12.7 Å². The molecule has 0 saturated carbocycles. The number of rotatable bonds is 9. The van der Waals surface area contributed by atoms with Crippen molar-refractivity contribution in [1.29, 1.82) is 0 Å². The first kappa shape index (κ1) is 20.9. The van der Waals surface area contributed by atoms with Crippen molar-refractivity contribution in [2.45, 2.75) is 32.6 Å². The van der Waals surface area contributed by atoms with Gasteiger partial charge in [-0.25, -0.2) is 9.37 Å². The Bertz CT molecular complexity index is 970. The zero-order valence-corrected chi connectivity index (χ0v) is 17.2. The van der Waals surface area contributed by atoms with E-state index in [0.717, 1.165) is 29.8 Å². The van der Waals surface area contributed by atoms with Crippen LogP contribution >= 0.6 is 11.3 Å². The molecule has 5 nitrogen and oxygen atoms in total. The molecule has 2 aromatic carbocycles. The molecule has 2 amide bonds. The molecular formula is C22H24FN3O2S. The minimum absolute atomic E-state index is 0.0371. The van der Waals surface area contributed by atoms with Gasteiger partial charge in [-0.15, -0.1) is 11.3 Å². The third-order valence-electron chi connectivity index (χ3n) is 4.55. The summed E-state index contributed by atoms with van der Waals surface area (Å²) in [5.41, 5.74) is 1.80. The van der Waals surface area contributed by atoms with Gasteiger partial charge in [0.25, 0.3) is 5.91 Å². The summed E-state index contributed by atoms with van der Waals surface area (Å²) in [6, 6.07) is 12.4. The Hall–Kier alpha value is -2.80. The first-order valence-corrected chi connectivity index (χ1v) is 10.5. The number of hydrogen-bond donors (Lipinski definition) is 2. The largest absolute Gasteiger partial charge is 0.354 e. The number of carbonyl (C=O) groups excluding carboxylic acids is 2. The molecule has 0 bridgehead atoms. The predicted molar refractivity (Wildman–Crippen MR) is 114 cm³/mol. The fourth-order valence-electron chi connectivity index (χ4n) is 2.89. The quantitative estimate of drug-likeness (QED) is 0.521. The van der Waals surface area contributed by atoms with Crippen molar-refractivity contribution in [3.63, 3.8) is 0 Å². The van der Waals surface area contributed by atoms with Crippen molar-refractivity contribution in [2.24, 2.45) is 0 Å². The van der Waals surface area contributed by atoms with Gasteiger partial charge in [0, 0.05) is 25.1 Å². The number of fused-ring (bicyclic) bond motifs is 1. The van der Waals surface area contributed by atoms with E-state index in [2.05, 4.69) is 21.7 Å². The van der Waals surface area contributed by atoms with Gasteiger partial charge in [-0.3, -0.25) is 9.59 Å². The van der Waals surface area contributed by atoms with Crippen molar-refractivity contribution in [3.05, 3.63) is 64.4 Å². The van der Waals surface area contributed by atoms with Gasteiger partial charge in [0.2, 0.25) is 5.91 Å². The number of hydrogen-bond acceptors (Lipinski definition) is 4. The lowest BCUT2D eigenvalue weighted by molar-refractivity contribution is -0.121. The number of aryl methyl sites for hydroxylation is 2. The Kier molecular flexibility index (Phi) is 7.30. The third-order valence-corrected chi connectivity index (χ3v) is 5.65. The van der Waals surface area contributed by atoms with Crippen LogP contribution in [0.15, 0.2) is 42.5 Å². The topological polar surface area (TPSA) is 71.1 Å². The van der Waals surface area contributed by atoms with Gasteiger partial charge in [-0.2, -0.15) is 0 Å². The molecule has 2 N–H and O–H groups in total. The average molecular weight is 414 g/mol. The molecule has 1 heterocycles. The molecule has 7 heteroatoms. The SMILES string of the molecule is Cc1ccc(C(=O)NCCNC(=O)CCCCc2nc3ccccc3s2)cc1F. The van der Waals surface area contributed by atoms with E-state index in [1.165, 1.54) is 10.8 Å². The molecule has 0 aliphatic heterocycles. The number of para-hydroxylation sites is 1. The van der Waals surface area contributed by atoms with Crippen molar-refractivity contribution in [3.8, 4) is 0 Å². The average Bonchev–Trinajstić information content (AvgIpc) is 3.13. The smallest absolute Gasteiger partial charge is 0.251 e. The number of aromatic nitrogens is 1. The number of thiazole rings is 1. The second kappa shape index (κ2) is 10.1. The fourth-order valence-corrected chi connectivity index (χ4v) is 3.90. The van der Waals surface area contributed by atoms with Crippen LogP contribution in [0.5, 0.6) is 0 Å². The van der Waals surface area contributed by atoms with E-state index in [0.29, 0.717) is 25.1 Å². The second-order valence-corrected chi connectivity index (χ2v) is 7.97. The molecule has 0 saturated heterocycles. The maximum Gasteiger partial charge on any atom is 0.251 e. The highest BCUT2D eigenvalue weighted by atomic mass is 32.1. The van der Waals surface area contributed by atoms with Gasteiger partial charge in [0.1, 0.15) is 5.82 Å². The van der Waals surface area contributed by atoms with Crippen molar-refractivity contribution < 1.29 is 14.0 Å². The molecule has 0 fully saturated rings. The summed E-state index contributed by atoms with van der Waals surface area (Å²) in [7, 11) is 0. The van der Waals surface area contributed by atoms with E-state index in [4.69, 9.17) is 0 Å². The van der Waals surface area contributed by atoms with Crippen LogP contribution in [-0.2, 0) is 11.2 Å². The van der Waals surface area contributed by atoms with Crippen LogP contribution in [-0.4, -0.2) is 29.9 Å². The van der Waals surface area contributed by atoms with E-state index >= 15 is 0 Å². The van der Waals surface area contributed by atoms with Gasteiger partial charge in [0.15, 0.2) is 0 Å². The van der Waals surface area contributed by atoms with Gasteiger partial charge in [-0.05, 0) is 56.0 Å². The summed E-state index contributed by atoms with van der Waals surface area (Å²) in [6.07, 6.45) is 3.01. The lowest BCUT2D eigenvalue weighted by atomic mass is 10.1. The van der Waals surface area contributed by atoms with Crippen LogP contribution in [0.25, 0.3) is 10.2 Å². The Morgan fingerprint density at radius 2 is 1.86 bits per heavy atom. The van der Waals surface area contributed by atoms with Gasteiger partial charge < -0.3 is 10.6 Å². The highest BCUT2D eigenvalue weighted by Gasteiger charge is 2.08. The zero-order chi connectivity index (χ0) is 20.6. The molecule has 3 rings (SSSR count). The van der Waals surface area contributed by atoms with Crippen molar-refractivity contribution in [1.82, 2.24) is 15.6 Å². The number of carbonyl (C=O) groups is 2. The Balaban J connectivity index is 1.29. The van der Waals surface area contributed by atoms with Crippen molar-refractivity contribution in [2.75, 3.05) is 13.1 Å². The standard InChI is InChI=1S/C22H24FN3O2S/c1-15-10-11-16(14-17(15)23)22(28)25-13-12-24-20(27)8-4-5-9-21-26-18-6-2-3-7-19(18)29-21/h2-3,6-7,10-11,14H,4-5,8-9,12-13H2,1H3,(H,24,27)(H,25,28). The molecule has 0 spiro atoms. The summed E-state index contributed by atoms with van der Waals surface area (Å²) in [5, 5.41) is 6.56. The van der Waals surface area contributed by atoms with E-state index in [1.54, 1.807) is 30.4 Å². The van der Waals surface area contributed by atoms with Crippen LogP contribution < -0.4 is 10.6 Å². The van der Waals surface area contributed by atoms with Crippen molar-refractivity contribution >= 4 is 33.4 Å². The lowest BCUT2D eigenvalue weighted by Crippen LogP contribution is -2.34. The highest BCUT2D eigenvalue weighted by Crippen LogP contribution is 2.22. The second-order valence-electron chi connectivity index (χ2n) is 6.85. The predicted octanol–water partition coefficient (Wildman–Crippen LogP) is 4.00. The number of amides is 2. The first-order valence-electron chi connectivity index (χ1n) is 9.68. The number of halogens is 1. The molecule has 29 heavy (non-hydrogen) atoms. The molecule has 0 aliphatic rings. The molecular weight excluding hydrogens is 389 g/mol.